The summed E-state index contributed by atoms with van der Waals surface area (Å²) in [5, 5.41) is 0. The highest BCUT2D eigenvalue weighted by molar-refractivity contribution is 9.10. The quantitative estimate of drug-likeness (QED) is 0.775. The van der Waals surface area contributed by atoms with E-state index in [0.717, 1.165) is 22.0 Å². The van der Waals surface area contributed by atoms with Crippen LogP contribution in [0.2, 0.25) is 0 Å². The Bertz CT molecular complexity index is 438. The second-order valence-corrected chi connectivity index (χ2v) is 5.24. The molecule has 0 aliphatic heterocycles. The number of ether oxygens (including phenoxy) is 1. The summed E-state index contributed by atoms with van der Waals surface area (Å²) in [6, 6.07) is 1.99. The lowest BCUT2D eigenvalue weighted by Crippen LogP contribution is -2.14. The summed E-state index contributed by atoms with van der Waals surface area (Å²) in [5.41, 5.74) is 2.66. The molecule has 1 aromatic carbocycles. The second kappa shape index (κ2) is 5.67. The van der Waals surface area contributed by atoms with Crippen molar-refractivity contribution in [1.82, 2.24) is 0 Å². The van der Waals surface area contributed by atoms with Gasteiger partial charge in [-0.1, -0.05) is 29.8 Å². The van der Waals surface area contributed by atoms with Crippen molar-refractivity contribution in [2.75, 3.05) is 7.11 Å². The summed E-state index contributed by atoms with van der Waals surface area (Å²) in [6.45, 7) is 7.88. The molecule has 2 nitrogen and oxygen atoms in total. The van der Waals surface area contributed by atoms with Crippen LogP contribution in [0.1, 0.15) is 41.8 Å². The SMILES string of the molecule is CCC(C)C(=O)c1c(C)c(Br)cc(C)c1OC. The number of methoxy groups -OCH3 is 1. The number of ketones is 1. The highest BCUT2D eigenvalue weighted by atomic mass is 79.9. The van der Waals surface area contributed by atoms with Gasteiger partial charge in [-0.15, -0.1) is 0 Å². The third-order valence-corrected chi connectivity index (χ3v) is 4.00. The average Bonchev–Trinajstić information content (AvgIpc) is 2.31. The van der Waals surface area contributed by atoms with Crippen LogP contribution in [0, 0.1) is 19.8 Å². The van der Waals surface area contributed by atoms with E-state index in [4.69, 9.17) is 4.74 Å². The van der Waals surface area contributed by atoms with Crippen LogP contribution in [0.4, 0.5) is 0 Å². The zero-order valence-electron chi connectivity index (χ0n) is 11.1. The van der Waals surface area contributed by atoms with Crippen molar-refractivity contribution in [3.8, 4) is 5.75 Å². The van der Waals surface area contributed by atoms with Gasteiger partial charge in [0.05, 0.1) is 12.7 Å². The number of aryl methyl sites for hydroxylation is 1. The topological polar surface area (TPSA) is 26.3 Å². The highest BCUT2D eigenvalue weighted by Crippen LogP contribution is 2.34. The van der Waals surface area contributed by atoms with Gasteiger partial charge in [0.1, 0.15) is 5.75 Å². The normalized spacial score (nSPS) is 12.4. The largest absolute Gasteiger partial charge is 0.496 e. The number of carbonyl (C=O) groups is 1. The number of Topliss-reactive ketones (excluding diaryl/α,β-unsaturated/α-hetero) is 1. The fourth-order valence-electron chi connectivity index (χ4n) is 1.84. The molecule has 3 heteroatoms. The molecule has 0 aliphatic rings. The maximum Gasteiger partial charge on any atom is 0.169 e. The molecule has 0 fully saturated rings. The summed E-state index contributed by atoms with van der Waals surface area (Å²) < 4.78 is 6.35. The van der Waals surface area contributed by atoms with Gasteiger partial charge >= 0.3 is 0 Å². The van der Waals surface area contributed by atoms with Crippen molar-refractivity contribution < 1.29 is 9.53 Å². The van der Waals surface area contributed by atoms with Crippen LogP contribution in [0.5, 0.6) is 5.75 Å². The Hall–Kier alpha value is -0.830. The van der Waals surface area contributed by atoms with Crippen molar-refractivity contribution in [2.24, 2.45) is 5.92 Å². The van der Waals surface area contributed by atoms with E-state index in [1.807, 2.05) is 33.8 Å². The summed E-state index contributed by atoms with van der Waals surface area (Å²) in [4.78, 5) is 12.4. The third kappa shape index (κ3) is 2.71. The minimum absolute atomic E-state index is 0.0244. The Morgan fingerprint density at radius 1 is 1.47 bits per heavy atom. The number of rotatable bonds is 4. The monoisotopic (exact) mass is 298 g/mol. The Balaban J connectivity index is 3.44. The Kier molecular flexibility index (Phi) is 4.75. The maximum atomic E-state index is 12.4. The molecule has 0 heterocycles. The lowest BCUT2D eigenvalue weighted by atomic mass is 9.92. The van der Waals surface area contributed by atoms with Crippen molar-refractivity contribution in [1.29, 1.82) is 0 Å². The predicted octanol–water partition coefficient (Wildman–Crippen LogP) is 4.30. The fourth-order valence-corrected chi connectivity index (χ4v) is 2.38. The van der Waals surface area contributed by atoms with Gasteiger partial charge in [0.2, 0.25) is 0 Å². The summed E-state index contributed by atoms with van der Waals surface area (Å²) in [6.07, 6.45) is 0.840. The zero-order chi connectivity index (χ0) is 13.2. The molecule has 0 amide bonds. The van der Waals surface area contributed by atoms with Crippen LogP contribution >= 0.6 is 15.9 Å². The van der Waals surface area contributed by atoms with Crippen LogP contribution in [0.25, 0.3) is 0 Å². The Morgan fingerprint density at radius 2 is 2.06 bits per heavy atom. The lowest BCUT2D eigenvalue weighted by Gasteiger charge is -2.17. The molecule has 1 rings (SSSR count). The molecule has 0 aromatic heterocycles. The van der Waals surface area contributed by atoms with Crippen molar-refractivity contribution >= 4 is 21.7 Å². The first-order valence-corrected chi connectivity index (χ1v) is 6.61. The van der Waals surface area contributed by atoms with E-state index in [0.29, 0.717) is 11.3 Å². The summed E-state index contributed by atoms with van der Waals surface area (Å²) >= 11 is 3.49. The minimum Gasteiger partial charge on any atom is -0.496 e. The lowest BCUT2D eigenvalue weighted by molar-refractivity contribution is 0.0923. The van der Waals surface area contributed by atoms with Gasteiger partial charge in [0.25, 0.3) is 0 Å². The van der Waals surface area contributed by atoms with E-state index in [1.54, 1.807) is 7.11 Å². The number of hydrogen-bond acceptors (Lipinski definition) is 2. The molecular weight excluding hydrogens is 280 g/mol. The second-order valence-electron chi connectivity index (χ2n) is 4.38. The van der Waals surface area contributed by atoms with Gasteiger partial charge in [-0.05, 0) is 37.5 Å². The van der Waals surface area contributed by atoms with Gasteiger partial charge in [0.15, 0.2) is 5.78 Å². The molecule has 0 N–H and O–H groups in total. The standard InChI is InChI=1S/C14H19BrO2/c1-6-8(2)13(16)12-10(4)11(15)7-9(3)14(12)17-5/h7-8H,6H2,1-5H3. The van der Waals surface area contributed by atoms with Crippen LogP contribution in [0.15, 0.2) is 10.5 Å². The van der Waals surface area contributed by atoms with Crippen molar-refractivity contribution in [3.05, 3.63) is 27.2 Å². The molecule has 0 bridgehead atoms. The molecule has 0 saturated carbocycles. The van der Waals surface area contributed by atoms with Gasteiger partial charge < -0.3 is 4.74 Å². The molecule has 17 heavy (non-hydrogen) atoms. The number of hydrogen-bond donors (Lipinski definition) is 0. The van der Waals surface area contributed by atoms with Crippen molar-refractivity contribution in [3.63, 3.8) is 0 Å². The van der Waals surface area contributed by atoms with E-state index in [9.17, 15) is 4.79 Å². The molecular formula is C14H19BrO2. The third-order valence-electron chi connectivity index (χ3n) is 3.17. The van der Waals surface area contributed by atoms with Crippen LogP contribution in [-0.2, 0) is 0 Å². The first-order valence-electron chi connectivity index (χ1n) is 5.81. The van der Waals surface area contributed by atoms with E-state index in [2.05, 4.69) is 15.9 Å². The molecule has 1 unspecified atom stereocenters. The van der Waals surface area contributed by atoms with Gasteiger partial charge in [-0.2, -0.15) is 0 Å². The molecule has 0 saturated heterocycles. The fraction of sp³-hybridized carbons (Fsp3) is 0.500. The molecule has 1 aromatic rings. The van der Waals surface area contributed by atoms with E-state index < -0.39 is 0 Å². The van der Waals surface area contributed by atoms with E-state index in [1.165, 1.54) is 0 Å². The van der Waals surface area contributed by atoms with Crippen LogP contribution < -0.4 is 4.74 Å². The molecule has 94 valence electrons. The molecule has 0 aliphatic carbocycles. The minimum atomic E-state index is 0.0244. The first kappa shape index (κ1) is 14.2. The van der Waals surface area contributed by atoms with Crippen LogP contribution in [0.3, 0.4) is 0 Å². The maximum absolute atomic E-state index is 12.4. The average molecular weight is 299 g/mol. The van der Waals surface area contributed by atoms with Gasteiger partial charge in [-0.25, -0.2) is 0 Å². The Morgan fingerprint density at radius 3 is 2.53 bits per heavy atom. The number of carbonyl (C=O) groups excluding carboxylic acids is 1. The zero-order valence-corrected chi connectivity index (χ0v) is 12.6. The molecule has 0 radical (unpaired) electrons. The molecule has 1 atom stereocenters. The van der Waals surface area contributed by atoms with Crippen molar-refractivity contribution in [2.45, 2.75) is 34.1 Å². The van der Waals surface area contributed by atoms with Crippen LogP contribution in [-0.4, -0.2) is 12.9 Å². The predicted molar refractivity (Wildman–Crippen MR) is 74.0 cm³/mol. The summed E-state index contributed by atoms with van der Waals surface area (Å²) in [7, 11) is 1.61. The van der Waals surface area contributed by atoms with E-state index >= 15 is 0 Å². The van der Waals surface area contributed by atoms with Gasteiger partial charge in [-0.3, -0.25) is 4.79 Å². The smallest absolute Gasteiger partial charge is 0.169 e. The van der Waals surface area contributed by atoms with E-state index in [-0.39, 0.29) is 11.7 Å². The highest BCUT2D eigenvalue weighted by Gasteiger charge is 2.22. The van der Waals surface area contributed by atoms with Gasteiger partial charge in [0, 0.05) is 10.4 Å². The number of benzene rings is 1. The number of halogens is 1. The first-order chi connectivity index (χ1) is 7.93. The Labute approximate surface area is 111 Å². The molecule has 0 spiro atoms. The summed E-state index contributed by atoms with van der Waals surface area (Å²) in [5.74, 6) is 0.888.